The van der Waals surface area contributed by atoms with Crippen molar-refractivity contribution in [3.63, 3.8) is 0 Å². The Labute approximate surface area is 144 Å². The predicted molar refractivity (Wildman–Crippen MR) is 91.2 cm³/mol. The maximum atomic E-state index is 12.4. The first kappa shape index (κ1) is 16.9. The molecule has 9 nitrogen and oxygen atoms in total. The van der Waals surface area contributed by atoms with Crippen LogP contribution in [-0.4, -0.2) is 43.7 Å². The van der Waals surface area contributed by atoms with Crippen molar-refractivity contribution in [1.29, 1.82) is 0 Å². The van der Waals surface area contributed by atoms with Crippen LogP contribution in [0.5, 0.6) is 0 Å². The van der Waals surface area contributed by atoms with Gasteiger partial charge in [-0.3, -0.25) is 14.8 Å². The Kier molecular flexibility index (Phi) is 4.92. The Bertz CT molecular complexity index is 753. The number of nitrogens with zero attached hydrogens (tertiary/aromatic N) is 5. The standard InChI is InChI=1S/C16H20N6O3/c1-12-8-14(22(24)25)2-3-15(12)19-16(23)20-6-4-13(5-7-20)9-21-11-17-10-18-21/h2-3,8,10-11,13H,4-7,9H2,1H3,(H,19,23). The lowest BCUT2D eigenvalue weighted by Gasteiger charge is -2.32. The summed E-state index contributed by atoms with van der Waals surface area (Å²) in [6, 6.07) is 4.26. The molecule has 0 saturated carbocycles. The minimum Gasteiger partial charge on any atom is -0.325 e. The number of urea groups is 1. The minimum absolute atomic E-state index is 0.0180. The molecule has 132 valence electrons. The van der Waals surface area contributed by atoms with E-state index in [4.69, 9.17) is 0 Å². The number of nitro benzene ring substituents is 1. The van der Waals surface area contributed by atoms with Crippen LogP contribution in [0, 0.1) is 23.0 Å². The number of rotatable bonds is 4. The molecule has 25 heavy (non-hydrogen) atoms. The van der Waals surface area contributed by atoms with E-state index in [2.05, 4.69) is 15.4 Å². The molecule has 0 spiro atoms. The number of hydrogen-bond acceptors (Lipinski definition) is 5. The van der Waals surface area contributed by atoms with Crippen molar-refractivity contribution < 1.29 is 9.72 Å². The lowest BCUT2D eigenvalue weighted by Crippen LogP contribution is -2.41. The summed E-state index contributed by atoms with van der Waals surface area (Å²) < 4.78 is 1.82. The Hall–Kier alpha value is -2.97. The summed E-state index contributed by atoms with van der Waals surface area (Å²) in [5, 5.41) is 17.7. The third-order valence-corrected chi connectivity index (χ3v) is 4.48. The maximum Gasteiger partial charge on any atom is 0.321 e. The van der Waals surface area contributed by atoms with Gasteiger partial charge in [-0.15, -0.1) is 0 Å². The zero-order valence-corrected chi connectivity index (χ0v) is 14.0. The van der Waals surface area contributed by atoms with Gasteiger partial charge < -0.3 is 10.2 Å². The summed E-state index contributed by atoms with van der Waals surface area (Å²) in [7, 11) is 0. The molecule has 3 rings (SSSR count). The van der Waals surface area contributed by atoms with E-state index >= 15 is 0 Å². The van der Waals surface area contributed by atoms with Gasteiger partial charge in [0, 0.05) is 37.5 Å². The number of benzene rings is 1. The monoisotopic (exact) mass is 344 g/mol. The van der Waals surface area contributed by atoms with Crippen molar-refractivity contribution >= 4 is 17.4 Å². The van der Waals surface area contributed by atoms with Crippen LogP contribution < -0.4 is 5.32 Å². The molecule has 1 N–H and O–H groups in total. The molecule has 2 aromatic rings. The van der Waals surface area contributed by atoms with E-state index in [9.17, 15) is 14.9 Å². The van der Waals surface area contributed by atoms with Crippen molar-refractivity contribution in [3.05, 3.63) is 46.5 Å². The molecule has 0 atom stereocenters. The second kappa shape index (κ2) is 7.29. The van der Waals surface area contributed by atoms with Gasteiger partial charge in [-0.1, -0.05) is 0 Å². The van der Waals surface area contributed by atoms with Crippen molar-refractivity contribution in [2.75, 3.05) is 18.4 Å². The van der Waals surface area contributed by atoms with Crippen molar-refractivity contribution in [2.24, 2.45) is 5.92 Å². The average Bonchev–Trinajstić information content (AvgIpc) is 3.10. The highest BCUT2D eigenvalue weighted by Gasteiger charge is 2.23. The van der Waals surface area contributed by atoms with Gasteiger partial charge in [0.1, 0.15) is 12.7 Å². The van der Waals surface area contributed by atoms with Crippen LogP contribution in [0.4, 0.5) is 16.2 Å². The van der Waals surface area contributed by atoms with E-state index in [-0.39, 0.29) is 11.7 Å². The van der Waals surface area contributed by atoms with E-state index in [1.807, 2.05) is 4.68 Å². The molecule has 1 fully saturated rings. The number of hydrogen-bond donors (Lipinski definition) is 1. The Morgan fingerprint density at radius 2 is 2.16 bits per heavy atom. The molecule has 0 bridgehead atoms. The number of non-ortho nitro benzene ring substituents is 1. The SMILES string of the molecule is Cc1cc([N+](=O)[O-])ccc1NC(=O)N1CCC(Cn2cncn2)CC1. The van der Waals surface area contributed by atoms with Crippen LogP contribution in [0.1, 0.15) is 18.4 Å². The molecule has 9 heteroatoms. The van der Waals surface area contributed by atoms with Crippen LogP contribution >= 0.6 is 0 Å². The lowest BCUT2D eigenvalue weighted by atomic mass is 9.97. The van der Waals surface area contributed by atoms with Crippen LogP contribution in [0.3, 0.4) is 0 Å². The van der Waals surface area contributed by atoms with E-state index in [0.29, 0.717) is 30.3 Å². The molecular formula is C16H20N6O3. The summed E-state index contributed by atoms with van der Waals surface area (Å²) in [5.41, 5.74) is 1.29. The number of aryl methyl sites for hydroxylation is 1. The molecule has 0 aliphatic carbocycles. The maximum absolute atomic E-state index is 12.4. The molecule has 1 aliphatic rings. The van der Waals surface area contributed by atoms with Crippen LogP contribution in [-0.2, 0) is 6.54 Å². The number of anilines is 1. The molecule has 1 aromatic carbocycles. The van der Waals surface area contributed by atoms with E-state index < -0.39 is 4.92 Å². The zero-order valence-electron chi connectivity index (χ0n) is 14.0. The zero-order chi connectivity index (χ0) is 17.8. The van der Waals surface area contributed by atoms with Gasteiger partial charge >= 0.3 is 6.03 Å². The van der Waals surface area contributed by atoms with Crippen molar-refractivity contribution in [2.45, 2.75) is 26.3 Å². The molecule has 2 heterocycles. The Morgan fingerprint density at radius 1 is 1.40 bits per heavy atom. The predicted octanol–water partition coefficient (Wildman–Crippen LogP) is 2.44. The minimum atomic E-state index is -0.446. The van der Waals surface area contributed by atoms with Gasteiger partial charge in [0.2, 0.25) is 0 Å². The fourth-order valence-electron chi connectivity index (χ4n) is 3.01. The highest BCUT2D eigenvalue weighted by atomic mass is 16.6. The second-order valence-corrected chi connectivity index (χ2v) is 6.23. The largest absolute Gasteiger partial charge is 0.325 e. The first-order chi connectivity index (χ1) is 12.0. The van der Waals surface area contributed by atoms with Gasteiger partial charge in [-0.2, -0.15) is 5.10 Å². The summed E-state index contributed by atoms with van der Waals surface area (Å²) in [5.74, 6) is 0.479. The van der Waals surface area contributed by atoms with E-state index in [1.165, 1.54) is 18.5 Å². The second-order valence-electron chi connectivity index (χ2n) is 6.23. The van der Waals surface area contributed by atoms with Gasteiger partial charge in [0.05, 0.1) is 4.92 Å². The number of aromatic nitrogens is 3. The lowest BCUT2D eigenvalue weighted by molar-refractivity contribution is -0.384. The van der Waals surface area contributed by atoms with Gasteiger partial charge in [0.25, 0.3) is 5.69 Å². The molecule has 1 aliphatic heterocycles. The number of carbonyl (C=O) groups is 1. The van der Waals surface area contributed by atoms with Crippen LogP contribution in [0.25, 0.3) is 0 Å². The van der Waals surface area contributed by atoms with Gasteiger partial charge in [-0.25, -0.2) is 9.78 Å². The molecule has 0 radical (unpaired) electrons. The average molecular weight is 344 g/mol. The summed E-state index contributed by atoms with van der Waals surface area (Å²) in [6.45, 7) is 3.92. The Balaban J connectivity index is 1.53. The summed E-state index contributed by atoms with van der Waals surface area (Å²) >= 11 is 0. The van der Waals surface area contributed by atoms with E-state index in [0.717, 1.165) is 19.4 Å². The van der Waals surface area contributed by atoms with E-state index in [1.54, 1.807) is 24.2 Å². The highest BCUT2D eigenvalue weighted by Crippen LogP contribution is 2.23. The quantitative estimate of drug-likeness (QED) is 0.677. The number of nitro groups is 1. The highest BCUT2D eigenvalue weighted by molar-refractivity contribution is 5.90. The van der Waals surface area contributed by atoms with Gasteiger partial charge in [0.15, 0.2) is 0 Å². The smallest absolute Gasteiger partial charge is 0.321 e. The van der Waals surface area contributed by atoms with Crippen molar-refractivity contribution in [3.8, 4) is 0 Å². The molecule has 1 aromatic heterocycles. The topological polar surface area (TPSA) is 106 Å². The fraction of sp³-hybridized carbons (Fsp3) is 0.438. The normalized spacial score (nSPS) is 15.2. The molecule has 0 unspecified atom stereocenters. The summed E-state index contributed by atoms with van der Waals surface area (Å²) in [4.78, 5) is 28.5. The van der Waals surface area contributed by atoms with Crippen LogP contribution in [0.2, 0.25) is 0 Å². The third kappa shape index (κ3) is 4.11. The molecule has 2 amide bonds. The number of amides is 2. The van der Waals surface area contributed by atoms with Gasteiger partial charge in [-0.05, 0) is 37.3 Å². The van der Waals surface area contributed by atoms with Crippen molar-refractivity contribution in [1.82, 2.24) is 19.7 Å². The first-order valence-corrected chi connectivity index (χ1v) is 8.16. The number of likely N-dealkylation sites (tertiary alicyclic amines) is 1. The fourth-order valence-corrected chi connectivity index (χ4v) is 3.01. The van der Waals surface area contributed by atoms with Crippen LogP contribution in [0.15, 0.2) is 30.9 Å². The third-order valence-electron chi connectivity index (χ3n) is 4.48. The Morgan fingerprint density at radius 3 is 2.76 bits per heavy atom. The molecule has 1 saturated heterocycles. The first-order valence-electron chi connectivity index (χ1n) is 8.16. The summed E-state index contributed by atoms with van der Waals surface area (Å²) in [6.07, 6.45) is 5.05. The molecular weight excluding hydrogens is 324 g/mol. The number of nitrogens with one attached hydrogen (secondary N) is 1. The number of carbonyl (C=O) groups excluding carboxylic acids is 1. The number of piperidine rings is 1.